The van der Waals surface area contributed by atoms with E-state index in [1.807, 2.05) is 30.9 Å². The van der Waals surface area contributed by atoms with Crippen LogP contribution in [-0.4, -0.2) is 42.6 Å². The summed E-state index contributed by atoms with van der Waals surface area (Å²) in [5.41, 5.74) is 0.740. The Morgan fingerprint density at radius 3 is 2.78 bits per heavy atom. The van der Waals surface area contributed by atoms with E-state index in [0.717, 1.165) is 29.7 Å². The van der Waals surface area contributed by atoms with Gasteiger partial charge in [0.1, 0.15) is 5.69 Å². The number of carbonyl (C=O) groups excluding carboxylic acids is 1. The molecule has 18 heavy (non-hydrogen) atoms. The van der Waals surface area contributed by atoms with E-state index < -0.39 is 0 Å². The quantitative estimate of drug-likeness (QED) is 0.819. The molecular weight excluding hydrogens is 294 g/mol. The van der Waals surface area contributed by atoms with Crippen LogP contribution in [-0.2, 0) is 0 Å². The van der Waals surface area contributed by atoms with Crippen LogP contribution >= 0.6 is 15.9 Å². The molecule has 0 aromatic carbocycles. The van der Waals surface area contributed by atoms with Gasteiger partial charge in [0.25, 0.3) is 5.91 Å². The summed E-state index contributed by atoms with van der Waals surface area (Å²) in [5.74, 6) is 0.0745. The third-order valence-corrected chi connectivity index (χ3v) is 3.29. The van der Waals surface area contributed by atoms with Gasteiger partial charge in [-0.3, -0.25) is 4.79 Å². The lowest BCUT2D eigenvalue weighted by atomic mass is 10.3. The molecule has 0 radical (unpaired) electrons. The van der Waals surface area contributed by atoms with Crippen LogP contribution in [0.4, 0.5) is 0 Å². The largest absolute Gasteiger partial charge is 0.340 e. The minimum Gasteiger partial charge on any atom is -0.340 e. The van der Waals surface area contributed by atoms with Crippen LogP contribution in [0, 0.1) is 0 Å². The SMILES string of the molecule is CNCCCN(C)C(=O)c1cc(Br)cn1C(C)C. The number of hydrogen-bond acceptors (Lipinski definition) is 2. The van der Waals surface area contributed by atoms with Crippen molar-refractivity contribution in [2.75, 3.05) is 27.2 Å². The maximum Gasteiger partial charge on any atom is 0.270 e. The Kier molecular flexibility index (Phi) is 5.88. The van der Waals surface area contributed by atoms with Crippen LogP contribution in [0.25, 0.3) is 0 Å². The molecule has 1 heterocycles. The molecule has 1 aromatic rings. The van der Waals surface area contributed by atoms with Crippen molar-refractivity contribution in [2.45, 2.75) is 26.3 Å². The number of nitrogens with one attached hydrogen (secondary N) is 1. The van der Waals surface area contributed by atoms with Gasteiger partial charge in [-0.05, 0) is 55.9 Å². The Bertz CT molecular complexity index is 401. The normalized spacial score (nSPS) is 11.0. The summed E-state index contributed by atoms with van der Waals surface area (Å²) in [7, 11) is 3.77. The Balaban J connectivity index is 2.76. The molecule has 1 aromatic heterocycles. The lowest BCUT2D eigenvalue weighted by Gasteiger charge is -2.19. The Morgan fingerprint density at radius 1 is 1.56 bits per heavy atom. The second-order valence-electron chi connectivity index (χ2n) is 4.73. The van der Waals surface area contributed by atoms with Crippen molar-refractivity contribution in [3.63, 3.8) is 0 Å². The fourth-order valence-corrected chi connectivity index (χ4v) is 2.27. The van der Waals surface area contributed by atoms with E-state index in [4.69, 9.17) is 0 Å². The molecule has 5 heteroatoms. The van der Waals surface area contributed by atoms with Crippen LogP contribution < -0.4 is 5.32 Å². The fraction of sp³-hybridized carbons (Fsp3) is 0.615. The summed E-state index contributed by atoms with van der Waals surface area (Å²) >= 11 is 3.43. The van der Waals surface area contributed by atoms with Crippen molar-refractivity contribution in [1.82, 2.24) is 14.8 Å². The van der Waals surface area contributed by atoms with E-state index >= 15 is 0 Å². The number of aromatic nitrogens is 1. The smallest absolute Gasteiger partial charge is 0.270 e. The second-order valence-corrected chi connectivity index (χ2v) is 5.64. The lowest BCUT2D eigenvalue weighted by Crippen LogP contribution is -2.31. The first-order valence-corrected chi connectivity index (χ1v) is 7.04. The van der Waals surface area contributed by atoms with Crippen LogP contribution in [0.3, 0.4) is 0 Å². The molecular formula is C13H22BrN3O. The van der Waals surface area contributed by atoms with E-state index in [-0.39, 0.29) is 11.9 Å². The molecule has 0 aliphatic rings. The highest BCUT2D eigenvalue weighted by Gasteiger charge is 2.18. The molecule has 1 N–H and O–H groups in total. The number of hydrogen-bond donors (Lipinski definition) is 1. The van der Waals surface area contributed by atoms with Crippen LogP contribution in [0.15, 0.2) is 16.7 Å². The summed E-state index contributed by atoms with van der Waals surface area (Å²) in [6.07, 6.45) is 2.92. The molecule has 0 spiro atoms. The molecule has 0 unspecified atom stereocenters. The van der Waals surface area contributed by atoms with Crippen molar-refractivity contribution < 1.29 is 4.79 Å². The molecule has 0 atom stereocenters. The maximum atomic E-state index is 12.3. The predicted octanol–water partition coefficient (Wildman–Crippen LogP) is 2.51. The van der Waals surface area contributed by atoms with Crippen molar-refractivity contribution in [1.29, 1.82) is 0 Å². The molecule has 4 nitrogen and oxygen atoms in total. The van der Waals surface area contributed by atoms with Crippen molar-refractivity contribution in [3.05, 3.63) is 22.4 Å². The third-order valence-electron chi connectivity index (χ3n) is 2.86. The van der Waals surface area contributed by atoms with Gasteiger partial charge in [0, 0.05) is 30.3 Å². The number of amides is 1. The van der Waals surface area contributed by atoms with Crippen molar-refractivity contribution in [2.24, 2.45) is 0 Å². The third kappa shape index (κ3) is 3.85. The van der Waals surface area contributed by atoms with E-state index in [9.17, 15) is 4.79 Å². The molecule has 0 fully saturated rings. The Hall–Kier alpha value is -0.810. The van der Waals surface area contributed by atoms with Crippen LogP contribution in [0.1, 0.15) is 36.8 Å². The molecule has 102 valence electrons. The number of rotatable bonds is 6. The fourth-order valence-electron chi connectivity index (χ4n) is 1.83. The standard InChI is InChI=1S/C13H22BrN3O/c1-10(2)17-9-11(14)8-12(17)13(18)16(4)7-5-6-15-3/h8-10,15H,5-7H2,1-4H3. The first-order chi connectivity index (χ1) is 8.47. The number of halogens is 1. The van der Waals surface area contributed by atoms with Gasteiger partial charge in [-0.25, -0.2) is 0 Å². The van der Waals surface area contributed by atoms with Gasteiger partial charge < -0.3 is 14.8 Å². The van der Waals surface area contributed by atoms with Gasteiger partial charge in [0.05, 0.1) is 0 Å². The summed E-state index contributed by atoms with van der Waals surface area (Å²) in [6.45, 7) is 5.83. The molecule has 1 rings (SSSR count). The predicted molar refractivity (Wildman–Crippen MR) is 78.0 cm³/mol. The highest BCUT2D eigenvalue weighted by atomic mass is 79.9. The maximum absolute atomic E-state index is 12.3. The zero-order valence-electron chi connectivity index (χ0n) is 11.5. The summed E-state index contributed by atoms with van der Waals surface area (Å²) in [4.78, 5) is 14.1. The average Bonchev–Trinajstić information content (AvgIpc) is 2.70. The molecule has 0 saturated heterocycles. The molecule has 0 aliphatic heterocycles. The van der Waals surface area contributed by atoms with Gasteiger partial charge in [0.15, 0.2) is 0 Å². The van der Waals surface area contributed by atoms with Crippen molar-refractivity contribution >= 4 is 21.8 Å². The zero-order valence-corrected chi connectivity index (χ0v) is 13.1. The highest BCUT2D eigenvalue weighted by Crippen LogP contribution is 2.20. The summed E-state index contributed by atoms with van der Waals surface area (Å²) in [6, 6.07) is 2.16. The summed E-state index contributed by atoms with van der Waals surface area (Å²) in [5, 5.41) is 3.08. The first-order valence-electron chi connectivity index (χ1n) is 6.24. The van der Waals surface area contributed by atoms with E-state index in [2.05, 4.69) is 35.1 Å². The Morgan fingerprint density at radius 2 is 2.22 bits per heavy atom. The van der Waals surface area contributed by atoms with E-state index in [1.54, 1.807) is 4.90 Å². The van der Waals surface area contributed by atoms with Gasteiger partial charge in [-0.15, -0.1) is 0 Å². The minimum absolute atomic E-state index is 0.0745. The van der Waals surface area contributed by atoms with Gasteiger partial charge >= 0.3 is 0 Å². The van der Waals surface area contributed by atoms with Crippen LogP contribution in [0.5, 0.6) is 0 Å². The van der Waals surface area contributed by atoms with E-state index in [0.29, 0.717) is 0 Å². The highest BCUT2D eigenvalue weighted by molar-refractivity contribution is 9.10. The van der Waals surface area contributed by atoms with Gasteiger partial charge in [-0.1, -0.05) is 0 Å². The second kappa shape index (κ2) is 6.95. The van der Waals surface area contributed by atoms with Gasteiger partial charge in [0.2, 0.25) is 0 Å². The topological polar surface area (TPSA) is 37.3 Å². The monoisotopic (exact) mass is 315 g/mol. The minimum atomic E-state index is 0.0745. The average molecular weight is 316 g/mol. The summed E-state index contributed by atoms with van der Waals surface area (Å²) < 4.78 is 2.95. The molecule has 0 bridgehead atoms. The Labute approximate surface area is 117 Å². The number of nitrogens with zero attached hydrogens (tertiary/aromatic N) is 2. The molecule has 0 aliphatic carbocycles. The van der Waals surface area contributed by atoms with Crippen LogP contribution in [0.2, 0.25) is 0 Å². The number of carbonyl (C=O) groups is 1. The molecule has 0 saturated carbocycles. The van der Waals surface area contributed by atoms with E-state index in [1.165, 1.54) is 0 Å². The lowest BCUT2D eigenvalue weighted by molar-refractivity contribution is 0.0781. The first kappa shape index (κ1) is 15.2. The van der Waals surface area contributed by atoms with Crippen molar-refractivity contribution in [3.8, 4) is 0 Å². The zero-order chi connectivity index (χ0) is 13.7. The molecule has 1 amide bonds. The van der Waals surface area contributed by atoms with Gasteiger partial charge in [-0.2, -0.15) is 0 Å².